The highest BCUT2D eigenvalue weighted by molar-refractivity contribution is 5.78. The Morgan fingerprint density at radius 2 is 2.25 bits per heavy atom. The zero-order valence-electron chi connectivity index (χ0n) is 12.2. The topological polar surface area (TPSA) is 67.6 Å². The van der Waals surface area contributed by atoms with Crippen molar-refractivity contribution in [2.24, 2.45) is 5.73 Å². The molecule has 0 unspecified atom stereocenters. The van der Waals surface area contributed by atoms with Gasteiger partial charge in [-0.3, -0.25) is 9.69 Å². The smallest absolute Gasteiger partial charge is 0.234 e. The van der Waals surface area contributed by atoms with Crippen LogP contribution in [-0.2, 0) is 17.9 Å². The van der Waals surface area contributed by atoms with Gasteiger partial charge in [0, 0.05) is 24.7 Å². The zero-order valence-corrected chi connectivity index (χ0v) is 12.2. The molecule has 1 aliphatic rings. The van der Waals surface area contributed by atoms with Crippen molar-refractivity contribution in [2.45, 2.75) is 32.0 Å². The third-order valence-corrected chi connectivity index (χ3v) is 3.38. The van der Waals surface area contributed by atoms with E-state index in [1.165, 1.54) is 0 Å². The van der Waals surface area contributed by atoms with Crippen molar-refractivity contribution in [3.8, 4) is 5.75 Å². The van der Waals surface area contributed by atoms with Crippen LogP contribution in [0.2, 0.25) is 0 Å². The molecule has 1 aliphatic carbocycles. The van der Waals surface area contributed by atoms with Crippen LogP contribution in [0.4, 0.5) is 0 Å². The molecular weight excluding hydrogens is 254 g/mol. The molecule has 0 spiro atoms. The van der Waals surface area contributed by atoms with Crippen LogP contribution < -0.4 is 15.8 Å². The van der Waals surface area contributed by atoms with E-state index in [4.69, 9.17) is 10.5 Å². The van der Waals surface area contributed by atoms with Crippen LogP contribution in [0.1, 0.15) is 24.0 Å². The van der Waals surface area contributed by atoms with Gasteiger partial charge in [-0.2, -0.15) is 0 Å². The quantitative estimate of drug-likeness (QED) is 0.776. The number of carbonyl (C=O) groups excluding carboxylic acids is 1. The fourth-order valence-electron chi connectivity index (χ4n) is 2.18. The summed E-state index contributed by atoms with van der Waals surface area (Å²) in [6, 6.07) is 6.33. The van der Waals surface area contributed by atoms with Crippen molar-refractivity contribution in [3.63, 3.8) is 0 Å². The second-order valence-electron chi connectivity index (χ2n) is 5.36. The van der Waals surface area contributed by atoms with E-state index in [-0.39, 0.29) is 5.91 Å². The van der Waals surface area contributed by atoms with E-state index in [0.29, 0.717) is 25.7 Å². The first kappa shape index (κ1) is 14.8. The van der Waals surface area contributed by atoms with Gasteiger partial charge in [-0.15, -0.1) is 0 Å². The van der Waals surface area contributed by atoms with E-state index in [1.54, 1.807) is 7.11 Å². The van der Waals surface area contributed by atoms with Gasteiger partial charge in [0.1, 0.15) is 5.75 Å². The van der Waals surface area contributed by atoms with Gasteiger partial charge in [-0.1, -0.05) is 6.07 Å². The summed E-state index contributed by atoms with van der Waals surface area (Å²) in [6.45, 7) is 1.56. The highest BCUT2D eigenvalue weighted by Gasteiger charge is 2.23. The molecule has 0 atom stereocenters. The van der Waals surface area contributed by atoms with Crippen molar-refractivity contribution in [3.05, 3.63) is 29.3 Å². The van der Waals surface area contributed by atoms with Crippen molar-refractivity contribution in [2.75, 3.05) is 20.7 Å². The summed E-state index contributed by atoms with van der Waals surface area (Å²) >= 11 is 0. The summed E-state index contributed by atoms with van der Waals surface area (Å²) < 4.78 is 5.36. The molecule has 1 saturated carbocycles. The van der Waals surface area contributed by atoms with Crippen molar-refractivity contribution in [1.29, 1.82) is 0 Å². The lowest BCUT2D eigenvalue weighted by Gasteiger charge is -2.18. The number of likely N-dealkylation sites (N-methyl/N-ethyl adjacent to an activating group) is 1. The minimum atomic E-state index is 0.0870. The molecule has 5 nitrogen and oxygen atoms in total. The fraction of sp³-hybridized carbons (Fsp3) is 0.533. The van der Waals surface area contributed by atoms with Gasteiger partial charge < -0.3 is 15.8 Å². The maximum absolute atomic E-state index is 11.8. The Morgan fingerprint density at radius 3 is 2.85 bits per heavy atom. The number of rotatable bonds is 7. The third-order valence-electron chi connectivity index (χ3n) is 3.38. The summed E-state index contributed by atoms with van der Waals surface area (Å²) in [5, 5.41) is 2.99. The molecule has 0 radical (unpaired) electrons. The average molecular weight is 277 g/mol. The Morgan fingerprint density at radius 1 is 1.50 bits per heavy atom. The Balaban J connectivity index is 1.94. The van der Waals surface area contributed by atoms with E-state index < -0.39 is 0 Å². The van der Waals surface area contributed by atoms with Gasteiger partial charge in [-0.25, -0.2) is 0 Å². The van der Waals surface area contributed by atoms with Crippen molar-refractivity contribution >= 4 is 5.91 Å². The summed E-state index contributed by atoms with van der Waals surface area (Å²) in [4.78, 5) is 13.7. The number of hydrogen-bond donors (Lipinski definition) is 2. The normalized spacial score (nSPS) is 14.4. The number of nitrogens with two attached hydrogens (primary N) is 1. The SMILES string of the molecule is COc1ccc(CN)cc1CN(C)CC(=O)NC1CC1. The molecule has 1 amide bonds. The molecule has 0 aliphatic heterocycles. The molecule has 2 rings (SSSR count). The lowest BCUT2D eigenvalue weighted by molar-refractivity contribution is -0.122. The number of methoxy groups -OCH3 is 1. The largest absolute Gasteiger partial charge is 0.496 e. The molecule has 1 aromatic rings. The van der Waals surface area contributed by atoms with Gasteiger partial charge in [0.25, 0.3) is 0 Å². The lowest BCUT2D eigenvalue weighted by Crippen LogP contribution is -2.36. The second kappa shape index (κ2) is 6.72. The highest BCUT2D eigenvalue weighted by atomic mass is 16.5. The van der Waals surface area contributed by atoms with Crippen molar-refractivity contribution < 1.29 is 9.53 Å². The Kier molecular flexibility index (Phi) is 4.98. The van der Waals surface area contributed by atoms with Gasteiger partial charge in [0.05, 0.1) is 13.7 Å². The summed E-state index contributed by atoms with van der Waals surface area (Å²) in [5.41, 5.74) is 7.78. The number of carbonyl (C=O) groups is 1. The van der Waals surface area contributed by atoms with Crippen LogP contribution in [0.15, 0.2) is 18.2 Å². The molecular formula is C15H23N3O2. The standard InChI is InChI=1S/C15H23N3O2/c1-18(10-15(19)17-13-4-5-13)9-12-7-11(8-16)3-6-14(12)20-2/h3,6-7,13H,4-5,8-10,16H2,1-2H3,(H,17,19). The molecule has 5 heteroatoms. The Bertz CT molecular complexity index is 472. The summed E-state index contributed by atoms with van der Waals surface area (Å²) in [5.74, 6) is 0.917. The molecule has 110 valence electrons. The number of nitrogens with one attached hydrogen (secondary N) is 1. The Labute approximate surface area is 120 Å². The molecule has 0 saturated heterocycles. The predicted molar refractivity (Wildman–Crippen MR) is 78.4 cm³/mol. The second-order valence-corrected chi connectivity index (χ2v) is 5.36. The van der Waals surface area contributed by atoms with Gasteiger partial charge in [-0.05, 0) is 37.6 Å². The van der Waals surface area contributed by atoms with Crippen molar-refractivity contribution in [1.82, 2.24) is 10.2 Å². The Hall–Kier alpha value is -1.59. The maximum Gasteiger partial charge on any atom is 0.234 e. The molecule has 0 bridgehead atoms. The molecule has 20 heavy (non-hydrogen) atoms. The number of ether oxygens (including phenoxy) is 1. The van der Waals surface area contributed by atoms with E-state index in [2.05, 4.69) is 5.32 Å². The van der Waals surface area contributed by atoms with E-state index in [1.807, 2.05) is 30.1 Å². The van der Waals surface area contributed by atoms with Crippen LogP contribution in [0, 0.1) is 0 Å². The summed E-state index contributed by atoms with van der Waals surface area (Å²) in [7, 11) is 3.59. The molecule has 0 aromatic heterocycles. The monoisotopic (exact) mass is 277 g/mol. The first-order chi connectivity index (χ1) is 9.62. The van der Waals surface area contributed by atoms with Crippen LogP contribution in [0.25, 0.3) is 0 Å². The third kappa shape index (κ3) is 4.21. The van der Waals surface area contributed by atoms with Gasteiger partial charge >= 0.3 is 0 Å². The molecule has 0 heterocycles. The summed E-state index contributed by atoms with van der Waals surface area (Å²) in [6.07, 6.45) is 2.23. The minimum absolute atomic E-state index is 0.0870. The van der Waals surface area contributed by atoms with E-state index >= 15 is 0 Å². The maximum atomic E-state index is 11.8. The zero-order chi connectivity index (χ0) is 14.5. The van der Waals surface area contributed by atoms with Crippen LogP contribution in [0.5, 0.6) is 5.75 Å². The predicted octanol–water partition coefficient (Wildman–Crippen LogP) is 0.864. The highest BCUT2D eigenvalue weighted by Crippen LogP contribution is 2.21. The van der Waals surface area contributed by atoms with Gasteiger partial charge in [0.2, 0.25) is 5.91 Å². The minimum Gasteiger partial charge on any atom is -0.496 e. The van der Waals surface area contributed by atoms with Crippen LogP contribution in [-0.4, -0.2) is 37.6 Å². The molecule has 3 N–H and O–H groups in total. The number of benzene rings is 1. The average Bonchev–Trinajstić information content (AvgIpc) is 3.22. The molecule has 1 fully saturated rings. The van der Waals surface area contributed by atoms with Crippen LogP contribution >= 0.6 is 0 Å². The fourth-order valence-corrected chi connectivity index (χ4v) is 2.18. The first-order valence-electron chi connectivity index (χ1n) is 6.96. The van der Waals surface area contributed by atoms with E-state index in [0.717, 1.165) is 29.7 Å². The van der Waals surface area contributed by atoms with Crippen LogP contribution in [0.3, 0.4) is 0 Å². The van der Waals surface area contributed by atoms with E-state index in [9.17, 15) is 4.79 Å². The number of hydrogen-bond acceptors (Lipinski definition) is 4. The number of amides is 1. The number of nitrogens with zero attached hydrogens (tertiary/aromatic N) is 1. The first-order valence-corrected chi connectivity index (χ1v) is 6.96. The lowest BCUT2D eigenvalue weighted by atomic mass is 10.1. The molecule has 1 aromatic carbocycles. The van der Waals surface area contributed by atoms with Gasteiger partial charge in [0.15, 0.2) is 0 Å².